The van der Waals surface area contributed by atoms with Crippen molar-refractivity contribution in [2.75, 3.05) is 39.6 Å². The Morgan fingerprint density at radius 2 is 0.557 bits per heavy atom. The number of carbonyl (C=O) groups excluding carboxylic acids is 4. The van der Waals surface area contributed by atoms with E-state index in [0.29, 0.717) is 25.7 Å². The first-order valence-electron chi connectivity index (χ1n) is 39.8. The number of hydrogen-bond donors (Lipinski definition) is 3. The first-order chi connectivity index (χ1) is 46.9. The highest BCUT2D eigenvalue weighted by atomic mass is 31.2. The molecule has 97 heavy (non-hydrogen) atoms. The molecule has 19 heteroatoms. The van der Waals surface area contributed by atoms with Crippen LogP contribution < -0.4 is 0 Å². The second-order valence-corrected chi connectivity index (χ2v) is 31.3. The molecule has 0 radical (unpaired) electrons. The van der Waals surface area contributed by atoms with Crippen molar-refractivity contribution in [2.45, 2.75) is 400 Å². The lowest BCUT2D eigenvalue weighted by molar-refractivity contribution is -0.161. The molecule has 0 fully saturated rings. The number of ether oxygens (including phenoxy) is 4. The molecule has 2 unspecified atom stereocenters. The van der Waals surface area contributed by atoms with Gasteiger partial charge in [0.2, 0.25) is 0 Å². The number of aliphatic hydroxyl groups excluding tert-OH is 1. The Bertz CT molecular complexity index is 1970. The van der Waals surface area contributed by atoms with E-state index in [-0.39, 0.29) is 25.7 Å². The van der Waals surface area contributed by atoms with Crippen LogP contribution in [0, 0.1) is 11.8 Å². The van der Waals surface area contributed by atoms with Crippen LogP contribution in [0.25, 0.3) is 0 Å². The van der Waals surface area contributed by atoms with Gasteiger partial charge in [-0.25, -0.2) is 9.13 Å². The molecule has 0 spiro atoms. The summed E-state index contributed by atoms with van der Waals surface area (Å²) in [4.78, 5) is 72.9. The zero-order valence-corrected chi connectivity index (χ0v) is 64.7. The number of esters is 4. The minimum atomic E-state index is -4.97. The van der Waals surface area contributed by atoms with Gasteiger partial charge in [0.15, 0.2) is 12.2 Å². The molecule has 17 nitrogen and oxygen atoms in total. The van der Waals surface area contributed by atoms with E-state index in [2.05, 4.69) is 65.8 Å². The molecule has 0 saturated heterocycles. The summed E-state index contributed by atoms with van der Waals surface area (Å²) in [5.74, 6) is -0.587. The summed E-state index contributed by atoms with van der Waals surface area (Å²) in [7, 11) is -9.93. The number of aliphatic hydroxyl groups is 1. The van der Waals surface area contributed by atoms with Gasteiger partial charge >= 0.3 is 39.5 Å². The van der Waals surface area contributed by atoms with E-state index in [1.165, 1.54) is 186 Å². The summed E-state index contributed by atoms with van der Waals surface area (Å²) in [6.07, 6.45) is 60.3. The Kier molecular flexibility index (Phi) is 67.5. The van der Waals surface area contributed by atoms with Gasteiger partial charge in [-0.3, -0.25) is 37.3 Å². The van der Waals surface area contributed by atoms with Crippen molar-refractivity contribution in [3.63, 3.8) is 0 Å². The minimum absolute atomic E-state index is 0.0851. The number of carbonyl (C=O) groups is 4. The zero-order valence-electron chi connectivity index (χ0n) is 62.9. The van der Waals surface area contributed by atoms with Crippen LogP contribution in [0.15, 0.2) is 24.3 Å². The zero-order chi connectivity index (χ0) is 71.4. The number of allylic oxidation sites excluding steroid dienone is 4. The fourth-order valence-electron chi connectivity index (χ4n) is 11.5. The maximum Gasteiger partial charge on any atom is 0.472 e. The lowest BCUT2D eigenvalue weighted by Gasteiger charge is -2.21. The van der Waals surface area contributed by atoms with Crippen molar-refractivity contribution < 1.29 is 80.2 Å². The molecule has 0 aliphatic rings. The van der Waals surface area contributed by atoms with Gasteiger partial charge < -0.3 is 33.8 Å². The summed E-state index contributed by atoms with van der Waals surface area (Å²) >= 11 is 0. The van der Waals surface area contributed by atoms with Gasteiger partial charge in [-0.05, 0) is 63.2 Å². The van der Waals surface area contributed by atoms with Gasteiger partial charge in [-0.15, -0.1) is 0 Å². The van der Waals surface area contributed by atoms with E-state index in [1.54, 1.807) is 0 Å². The standard InChI is InChI=1S/C78H148O17P2/c1-7-9-11-13-15-17-19-21-22-23-32-38-44-50-56-62-77(82)94-74(67-89-76(81)61-55-49-43-37-31-26-24-28-34-40-46-52-58-70(3)4)69-93-97(86,87)91-65-72(79)64-90-96(84,85)92-68-73(66-88-75(80)60-54-48-42-36-30-20-18-16-14-12-10-8-2)95-78(83)63-57-51-45-39-33-27-25-29-35-41-47-53-59-71(5)6/h17,19,21-22,70-74,79H,7-16,18,20,23-69H2,1-6H3,(H,84,85)(H,86,87)/b19-17-,22-21-/t72-,73+,74+/m0/s1. The molecule has 0 aromatic heterocycles. The molecule has 0 heterocycles. The third-order valence-electron chi connectivity index (χ3n) is 17.6. The summed E-state index contributed by atoms with van der Waals surface area (Å²) < 4.78 is 68.6. The van der Waals surface area contributed by atoms with Crippen molar-refractivity contribution in [2.24, 2.45) is 11.8 Å². The molecule has 0 aromatic carbocycles. The average Bonchev–Trinajstić information content (AvgIpc) is 1.01. The average molecular weight is 1420 g/mol. The number of unbranched alkanes of at least 4 members (excludes halogenated alkanes) is 42. The Morgan fingerprint density at radius 1 is 0.320 bits per heavy atom. The van der Waals surface area contributed by atoms with Crippen molar-refractivity contribution in [3.05, 3.63) is 24.3 Å². The molecule has 0 saturated carbocycles. The van der Waals surface area contributed by atoms with Crippen LogP contribution in [-0.4, -0.2) is 96.7 Å². The van der Waals surface area contributed by atoms with Gasteiger partial charge in [-0.1, -0.05) is 329 Å². The van der Waals surface area contributed by atoms with Gasteiger partial charge in [-0.2, -0.15) is 0 Å². The van der Waals surface area contributed by atoms with Gasteiger partial charge in [0.25, 0.3) is 0 Å². The van der Waals surface area contributed by atoms with E-state index in [0.717, 1.165) is 115 Å². The van der Waals surface area contributed by atoms with E-state index in [1.807, 2.05) is 0 Å². The lowest BCUT2D eigenvalue weighted by Crippen LogP contribution is -2.30. The van der Waals surface area contributed by atoms with Gasteiger partial charge in [0.1, 0.15) is 19.3 Å². The van der Waals surface area contributed by atoms with Crippen LogP contribution >= 0.6 is 15.6 Å². The van der Waals surface area contributed by atoms with E-state index in [4.69, 9.17) is 37.0 Å². The van der Waals surface area contributed by atoms with Crippen LogP contribution in [0.1, 0.15) is 382 Å². The number of rotatable bonds is 75. The van der Waals surface area contributed by atoms with E-state index >= 15 is 0 Å². The molecule has 0 aliphatic heterocycles. The molecule has 0 bridgehead atoms. The lowest BCUT2D eigenvalue weighted by atomic mass is 10.0. The molecule has 0 amide bonds. The van der Waals surface area contributed by atoms with Crippen molar-refractivity contribution >= 4 is 39.5 Å². The van der Waals surface area contributed by atoms with Crippen LogP contribution in [0.4, 0.5) is 0 Å². The fourth-order valence-corrected chi connectivity index (χ4v) is 13.0. The number of phosphoric ester groups is 2. The second kappa shape index (κ2) is 69.3. The van der Waals surface area contributed by atoms with Gasteiger partial charge in [0.05, 0.1) is 26.4 Å². The number of hydrogen-bond acceptors (Lipinski definition) is 15. The quantitative estimate of drug-likeness (QED) is 0.0169. The molecule has 5 atom stereocenters. The SMILES string of the molecule is CCCCCC/C=C\C=C/CCCCCCCC(=O)O[C@H](COC(=O)CCCCCCCCCCCCCCC(C)C)COP(=O)(O)OC[C@@H](O)COP(=O)(O)OC[C@@H](COC(=O)CCCCCCCCCCCCCC)OC(=O)CCCCCCCCCCCCCCC(C)C. The van der Waals surface area contributed by atoms with Crippen molar-refractivity contribution in [3.8, 4) is 0 Å². The van der Waals surface area contributed by atoms with Crippen LogP contribution in [0.2, 0.25) is 0 Å². The van der Waals surface area contributed by atoms with Gasteiger partial charge in [0, 0.05) is 25.7 Å². The Morgan fingerprint density at radius 3 is 0.845 bits per heavy atom. The van der Waals surface area contributed by atoms with E-state index in [9.17, 15) is 43.2 Å². The summed E-state index contributed by atoms with van der Waals surface area (Å²) in [5, 5.41) is 10.6. The third-order valence-corrected chi connectivity index (χ3v) is 19.5. The minimum Gasteiger partial charge on any atom is -0.462 e. The second-order valence-electron chi connectivity index (χ2n) is 28.4. The normalized spacial score (nSPS) is 14.1. The summed E-state index contributed by atoms with van der Waals surface area (Å²) in [6, 6.07) is 0. The van der Waals surface area contributed by atoms with Crippen LogP contribution in [-0.2, 0) is 65.4 Å². The molecule has 3 N–H and O–H groups in total. The summed E-state index contributed by atoms with van der Waals surface area (Å²) in [6.45, 7) is 9.57. The first-order valence-corrected chi connectivity index (χ1v) is 42.8. The highest BCUT2D eigenvalue weighted by Gasteiger charge is 2.30. The number of phosphoric acid groups is 2. The fraction of sp³-hybridized carbons (Fsp3) is 0.897. The molecule has 0 aromatic rings. The first kappa shape index (κ1) is 94.5. The van der Waals surface area contributed by atoms with Crippen LogP contribution in [0.3, 0.4) is 0 Å². The monoisotopic (exact) mass is 1420 g/mol. The Labute approximate surface area is 592 Å². The Hall–Kier alpha value is -2.46. The maximum absolute atomic E-state index is 13.1. The molecular weight excluding hydrogens is 1270 g/mol. The topological polar surface area (TPSA) is 237 Å². The highest BCUT2D eigenvalue weighted by molar-refractivity contribution is 7.47. The van der Waals surface area contributed by atoms with Crippen molar-refractivity contribution in [1.82, 2.24) is 0 Å². The molecule has 572 valence electrons. The van der Waals surface area contributed by atoms with Crippen molar-refractivity contribution in [1.29, 1.82) is 0 Å². The molecule has 0 rings (SSSR count). The predicted octanol–water partition coefficient (Wildman–Crippen LogP) is 22.7. The predicted molar refractivity (Wildman–Crippen MR) is 395 cm³/mol. The Balaban J connectivity index is 5.30. The molecule has 0 aliphatic carbocycles. The maximum atomic E-state index is 13.1. The smallest absolute Gasteiger partial charge is 0.462 e. The van der Waals surface area contributed by atoms with Crippen LogP contribution in [0.5, 0.6) is 0 Å². The summed E-state index contributed by atoms with van der Waals surface area (Å²) in [5.41, 5.74) is 0. The third kappa shape index (κ3) is 71.7. The molecular formula is C78H148O17P2. The van der Waals surface area contributed by atoms with E-state index < -0.39 is 97.5 Å². The largest absolute Gasteiger partial charge is 0.472 e. The highest BCUT2D eigenvalue weighted by Crippen LogP contribution is 2.45.